The van der Waals surface area contributed by atoms with Crippen LogP contribution in [-0.4, -0.2) is 27.6 Å². The average Bonchev–Trinajstić information content (AvgIpc) is 2.89. The van der Waals surface area contributed by atoms with Crippen molar-refractivity contribution in [2.75, 3.05) is 6.54 Å². The van der Waals surface area contributed by atoms with Gasteiger partial charge in [0.05, 0.1) is 0 Å². The van der Waals surface area contributed by atoms with Crippen molar-refractivity contribution in [3.63, 3.8) is 0 Å². The molecule has 2 rings (SSSR count). The Bertz CT molecular complexity index is 466. The standard InChI is InChI=1S/C9H9ClN4O2/c10-7-2-1-6(16-7)9(15)11-4-3-8-12-5-13-14-8/h1-2,5H,3-4H2,(H,11,15)(H,12,13,14). The number of nitrogens with one attached hydrogen (secondary N) is 2. The fraction of sp³-hybridized carbons (Fsp3) is 0.222. The molecule has 6 nitrogen and oxygen atoms in total. The number of aromatic amines is 1. The van der Waals surface area contributed by atoms with Crippen molar-refractivity contribution in [2.45, 2.75) is 6.42 Å². The van der Waals surface area contributed by atoms with Gasteiger partial charge in [0.1, 0.15) is 12.2 Å². The Labute approximate surface area is 96.0 Å². The first-order chi connectivity index (χ1) is 7.75. The third-order valence-corrected chi connectivity index (χ3v) is 2.11. The van der Waals surface area contributed by atoms with Gasteiger partial charge >= 0.3 is 0 Å². The molecule has 0 aliphatic heterocycles. The summed E-state index contributed by atoms with van der Waals surface area (Å²) in [5.41, 5.74) is 0. The summed E-state index contributed by atoms with van der Waals surface area (Å²) in [4.78, 5) is 15.4. The van der Waals surface area contributed by atoms with Crippen molar-refractivity contribution in [1.29, 1.82) is 0 Å². The molecule has 0 atom stereocenters. The van der Waals surface area contributed by atoms with Gasteiger partial charge in [-0.2, -0.15) is 5.10 Å². The molecule has 16 heavy (non-hydrogen) atoms. The van der Waals surface area contributed by atoms with Crippen molar-refractivity contribution in [2.24, 2.45) is 0 Å². The number of hydrogen-bond donors (Lipinski definition) is 2. The third-order valence-electron chi connectivity index (χ3n) is 1.91. The van der Waals surface area contributed by atoms with E-state index in [0.29, 0.717) is 13.0 Å². The van der Waals surface area contributed by atoms with Gasteiger partial charge in [-0.1, -0.05) is 0 Å². The van der Waals surface area contributed by atoms with E-state index in [2.05, 4.69) is 20.5 Å². The molecular formula is C9H9ClN4O2. The molecule has 0 radical (unpaired) electrons. The summed E-state index contributed by atoms with van der Waals surface area (Å²) < 4.78 is 4.95. The maximum absolute atomic E-state index is 11.5. The number of carbonyl (C=O) groups is 1. The monoisotopic (exact) mass is 240 g/mol. The number of hydrogen-bond acceptors (Lipinski definition) is 4. The lowest BCUT2D eigenvalue weighted by Crippen LogP contribution is -2.25. The number of carbonyl (C=O) groups excluding carboxylic acids is 1. The van der Waals surface area contributed by atoms with E-state index in [1.165, 1.54) is 18.5 Å². The van der Waals surface area contributed by atoms with Crippen LogP contribution in [-0.2, 0) is 6.42 Å². The van der Waals surface area contributed by atoms with Crippen molar-refractivity contribution in [3.05, 3.63) is 35.3 Å². The van der Waals surface area contributed by atoms with Crippen molar-refractivity contribution < 1.29 is 9.21 Å². The van der Waals surface area contributed by atoms with E-state index >= 15 is 0 Å². The fourth-order valence-corrected chi connectivity index (χ4v) is 1.32. The average molecular weight is 241 g/mol. The summed E-state index contributed by atoms with van der Waals surface area (Å²) in [5.74, 6) is 0.617. The number of aromatic nitrogens is 3. The first-order valence-corrected chi connectivity index (χ1v) is 5.01. The zero-order chi connectivity index (χ0) is 11.4. The van der Waals surface area contributed by atoms with Gasteiger partial charge in [0.25, 0.3) is 5.91 Å². The molecule has 0 bridgehead atoms. The minimum absolute atomic E-state index is 0.195. The molecule has 0 spiro atoms. The molecule has 2 aromatic heterocycles. The van der Waals surface area contributed by atoms with Crippen LogP contribution in [0.15, 0.2) is 22.9 Å². The molecule has 0 aliphatic rings. The van der Waals surface area contributed by atoms with E-state index in [1.807, 2.05) is 0 Å². The highest BCUT2D eigenvalue weighted by atomic mass is 35.5. The highest BCUT2D eigenvalue weighted by Crippen LogP contribution is 2.12. The molecule has 2 aromatic rings. The predicted octanol–water partition coefficient (Wildman–Crippen LogP) is 1.02. The fourth-order valence-electron chi connectivity index (χ4n) is 1.17. The summed E-state index contributed by atoms with van der Waals surface area (Å²) in [7, 11) is 0. The first kappa shape index (κ1) is 10.7. The second kappa shape index (κ2) is 4.80. The van der Waals surface area contributed by atoms with Crippen LogP contribution < -0.4 is 5.32 Å². The number of nitrogens with zero attached hydrogens (tertiary/aromatic N) is 2. The largest absolute Gasteiger partial charge is 0.440 e. The van der Waals surface area contributed by atoms with Crippen LogP contribution in [0.1, 0.15) is 16.4 Å². The Hall–Kier alpha value is -1.82. The van der Waals surface area contributed by atoms with Gasteiger partial charge in [-0.05, 0) is 23.7 Å². The highest BCUT2D eigenvalue weighted by molar-refractivity contribution is 6.29. The molecule has 1 amide bonds. The minimum Gasteiger partial charge on any atom is -0.440 e. The summed E-state index contributed by atoms with van der Waals surface area (Å²) in [6, 6.07) is 3.04. The number of H-pyrrole nitrogens is 1. The van der Waals surface area contributed by atoms with Gasteiger partial charge in [0.2, 0.25) is 0 Å². The van der Waals surface area contributed by atoms with Crippen LogP contribution >= 0.6 is 11.6 Å². The number of halogens is 1. The Kier molecular flexibility index (Phi) is 3.21. The zero-order valence-electron chi connectivity index (χ0n) is 8.24. The van der Waals surface area contributed by atoms with E-state index in [1.54, 1.807) is 0 Å². The Balaban J connectivity index is 1.80. The van der Waals surface area contributed by atoms with Gasteiger partial charge in [-0.15, -0.1) is 0 Å². The molecule has 0 saturated carbocycles. The van der Waals surface area contributed by atoms with E-state index in [0.717, 1.165) is 5.82 Å². The van der Waals surface area contributed by atoms with Gasteiger partial charge < -0.3 is 9.73 Å². The Morgan fingerprint density at radius 1 is 1.56 bits per heavy atom. The summed E-state index contributed by atoms with van der Waals surface area (Å²) in [6.45, 7) is 0.451. The highest BCUT2D eigenvalue weighted by Gasteiger charge is 2.09. The van der Waals surface area contributed by atoms with E-state index in [4.69, 9.17) is 16.0 Å². The van der Waals surface area contributed by atoms with E-state index in [-0.39, 0.29) is 16.9 Å². The first-order valence-electron chi connectivity index (χ1n) is 4.63. The summed E-state index contributed by atoms with van der Waals surface area (Å²) in [5, 5.41) is 9.26. The molecule has 7 heteroatoms. The number of amides is 1. The number of furan rings is 1. The second-order valence-electron chi connectivity index (χ2n) is 3.04. The van der Waals surface area contributed by atoms with E-state index < -0.39 is 0 Å². The molecule has 2 N–H and O–H groups in total. The molecule has 2 heterocycles. The van der Waals surface area contributed by atoms with Crippen LogP contribution in [0.2, 0.25) is 5.22 Å². The lowest BCUT2D eigenvalue weighted by molar-refractivity contribution is 0.0926. The lowest BCUT2D eigenvalue weighted by atomic mass is 10.3. The normalized spacial score (nSPS) is 10.3. The quantitative estimate of drug-likeness (QED) is 0.836. The van der Waals surface area contributed by atoms with Gasteiger partial charge in [-0.25, -0.2) is 4.98 Å². The maximum Gasteiger partial charge on any atom is 0.287 e. The lowest BCUT2D eigenvalue weighted by Gasteiger charge is -2.00. The van der Waals surface area contributed by atoms with E-state index in [9.17, 15) is 4.79 Å². The molecule has 0 unspecified atom stereocenters. The van der Waals surface area contributed by atoms with Crippen molar-refractivity contribution in [1.82, 2.24) is 20.5 Å². The maximum atomic E-state index is 11.5. The molecule has 84 valence electrons. The van der Waals surface area contributed by atoms with Crippen LogP contribution in [0.4, 0.5) is 0 Å². The topological polar surface area (TPSA) is 83.8 Å². The molecule has 0 fully saturated rings. The number of rotatable bonds is 4. The molecule has 0 aliphatic carbocycles. The van der Waals surface area contributed by atoms with Crippen LogP contribution in [0.3, 0.4) is 0 Å². The molecule has 0 aromatic carbocycles. The second-order valence-corrected chi connectivity index (χ2v) is 3.41. The Morgan fingerprint density at radius 3 is 3.06 bits per heavy atom. The smallest absolute Gasteiger partial charge is 0.287 e. The molecular weight excluding hydrogens is 232 g/mol. The third kappa shape index (κ3) is 2.60. The van der Waals surface area contributed by atoms with Gasteiger partial charge in [0.15, 0.2) is 11.0 Å². The van der Waals surface area contributed by atoms with Crippen molar-refractivity contribution in [3.8, 4) is 0 Å². The summed E-state index contributed by atoms with van der Waals surface area (Å²) >= 11 is 5.55. The Morgan fingerprint density at radius 2 is 2.44 bits per heavy atom. The summed E-state index contributed by atoms with van der Waals surface area (Å²) in [6.07, 6.45) is 2.00. The molecule has 0 saturated heterocycles. The van der Waals surface area contributed by atoms with Gasteiger partial charge in [0, 0.05) is 13.0 Å². The zero-order valence-corrected chi connectivity index (χ0v) is 8.99. The van der Waals surface area contributed by atoms with Crippen LogP contribution in [0.25, 0.3) is 0 Å². The van der Waals surface area contributed by atoms with Gasteiger partial charge in [-0.3, -0.25) is 9.89 Å². The van der Waals surface area contributed by atoms with Crippen molar-refractivity contribution >= 4 is 17.5 Å². The van der Waals surface area contributed by atoms with Crippen LogP contribution in [0.5, 0.6) is 0 Å². The minimum atomic E-state index is -0.300. The van der Waals surface area contributed by atoms with Crippen LogP contribution in [0, 0.1) is 0 Å². The predicted molar refractivity (Wildman–Crippen MR) is 56.1 cm³/mol. The SMILES string of the molecule is O=C(NCCc1ncn[nH]1)c1ccc(Cl)o1.